The zero-order chi connectivity index (χ0) is 19.7. The van der Waals surface area contributed by atoms with E-state index in [2.05, 4.69) is 5.32 Å². The number of likely N-dealkylation sites (tertiary alicyclic amines) is 1. The van der Waals surface area contributed by atoms with E-state index >= 15 is 0 Å². The second kappa shape index (κ2) is 10.7. The molecule has 0 aromatic carbocycles. The smallest absolute Gasteiger partial charge is 0.379 e. The third-order valence-corrected chi connectivity index (χ3v) is 4.36. The van der Waals surface area contributed by atoms with Gasteiger partial charge in [0.05, 0.1) is 12.1 Å². The van der Waals surface area contributed by atoms with Gasteiger partial charge >= 0.3 is 6.18 Å². The fourth-order valence-electron chi connectivity index (χ4n) is 2.80. The fraction of sp³-hybridized carbons (Fsp3) is 0.882. The second-order valence-corrected chi connectivity index (χ2v) is 6.88. The third-order valence-electron chi connectivity index (χ3n) is 4.36. The van der Waals surface area contributed by atoms with Gasteiger partial charge in [-0.3, -0.25) is 14.5 Å². The van der Waals surface area contributed by atoms with E-state index in [0.717, 1.165) is 6.42 Å². The first-order valence-corrected chi connectivity index (χ1v) is 9.08. The molecule has 152 valence electrons. The number of nitrogens with one attached hydrogen (secondary N) is 2. The lowest BCUT2D eigenvalue weighted by atomic mass is 9.95. The van der Waals surface area contributed by atoms with Crippen LogP contribution < -0.4 is 10.6 Å². The topological polar surface area (TPSA) is 70.7 Å². The largest absolute Gasteiger partial charge is 0.405 e. The number of carbonyl (C=O) groups is 2. The van der Waals surface area contributed by atoms with E-state index in [1.165, 1.54) is 0 Å². The molecule has 26 heavy (non-hydrogen) atoms. The van der Waals surface area contributed by atoms with Crippen molar-refractivity contribution in [3.05, 3.63) is 0 Å². The third kappa shape index (κ3) is 8.84. The minimum absolute atomic E-state index is 0.0108. The molecular formula is C17H30F3N3O3. The molecule has 2 N–H and O–H groups in total. The predicted molar refractivity (Wildman–Crippen MR) is 91.5 cm³/mol. The molecule has 0 aromatic rings. The highest BCUT2D eigenvalue weighted by Crippen LogP contribution is 2.19. The quantitative estimate of drug-likeness (QED) is 0.597. The van der Waals surface area contributed by atoms with Crippen LogP contribution in [0.25, 0.3) is 0 Å². The Hall–Kier alpha value is -1.35. The van der Waals surface area contributed by atoms with E-state index < -0.39 is 24.7 Å². The lowest BCUT2D eigenvalue weighted by Crippen LogP contribution is -2.51. The van der Waals surface area contributed by atoms with E-state index in [-0.39, 0.29) is 17.9 Å². The van der Waals surface area contributed by atoms with Gasteiger partial charge in [0.1, 0.15) is 6.54 Å². The molecule has 0 aromatic heterocycles. The van der Waals surface area contributed by atoms with Gasteiger partial charge in [0.25, 0.3) is 0 Å². The summed E-state index contributed by atoms with van der Waals surface area (Å²) in [6.45, 7) is 6.34. The highest BCUT2D eigenvalue weighted by Gasteiger charge is 2.32. The van der Waals surface area contributed by atoms with E-state index in [1.807, 2.05) is 24.1 Å². The van der Waals surface area contributed by atoms with Crippen LogP contribution in [0.3, 0.4) is 0 Å². The molecule has 0 radical (unpaired) electrons. The maximum absolute atomic E-state index is 12.2. The van der Waals surface area contributed by atoms with Crippen molar-refractivity contribution in [1.29, 1.82) is 0 Å². The summed E-state index contributed by atoms with van der Waals surface area (Å²) in [5, 5.41) is 4.79. The summed E-state index contributed by atoms with van der Waals surface area (Å²) in [5.74, 6) is -0.776. The lowest BCUT2D eigenvalue weighted by molar-refractivity contribution is -0.141. The summed E-state index contributed by atoms with van der Waals surface area (Å²) < 4.78 is 41.9. The highest BCUT2D eigenvalue weighted by molar-refractivity contribution is 5.81. The molecule has 0 bridgehead atoms. The maximum atomic E-state index is 12.2. The number of rotatable bonds is 9. The Morgan fingerprint density at radius 1 is 1.15 bits per heavy atom. The number of ether oxygens (including phenoxy) is 1. The number of carbonyl (C=O) groups excluding carboxylic acids is 2. The van der Waals surface area contributed by atoms with Crippen LogP contribution in [0.1, 0.15) is 40.0 Å². The van der Waals surface area contributed by atoms with E-state index in [0.29, 0.717) is 39.1 Å². The van der Waals surface area contributed by atoms with Crippen molar-refractivity contribution >= 4 is 11.8 Å². The lowest BCUT2D eigenvalue weighted by Gasteiger charge is -2.34. The van der Waals surface area contributed by atoms with Crippen LogP contribution in [0.4, 0.5) is 13.2 Å². The maximum Gasteiger partial charge on any atom is 0.405 e. The molecule has 1 heterocycles. The molecule has 1 fully saturated rings. The van der Waals surface area contributed by atoms with Gasteiger partial charge in [-0.1, -0.05) is 0 Å². The Kier molecular flexibility index (Phi) is 9.35. The molecule has 6 nitrogen and oxygen atoms in total. The highest BCUT2D eigenvalue weighted by atomic mass is 19.4. The van der Waals surface area contributed by atoms with E-state index in [9.17, 15) is 22.8 Å². The van der Waals surface area contributed by atoms with Crippen LogP contribution in [0.5, 0.6) is 0 Å². The fourth-order valence-corrected chi connectivity index (χ4v) is 2.80. The molecule has 0 saturated carbocycles. The van der Waals surface area contributed by atoms with E-state index in [1.54, 1.807) is 6.92 Å². The van der Waals surface area contributed by atoms with Crippen molar-refractivity contribution in [1.82, 2.24) is 15.5 Å². The normalized spacial score (nSPS) is 18.0. The van der Waals surface area contributed by atoms with Gasteiger partial charge in [-0.25, -0.2) is 0 Å². The van der Waals surface area contributed by atoms with Gasteiger partial charge in [-0.05, 0) is 53.1 Å². The van der Waals surface area contributed by atoms with Gasteiger partial charge < -0.3 is 15.4 Å². The molecule has 0 aliphatic carbocycles. The van der Waals surface area contributed by atoms with Crippen LogP contribution in [0.15, 0.2) is 0 Å². The Morgan fingerprint density at radius 3 is 2.31 bits per heavy atom. The number of alkyl halides is 3. The van der Waals surface area contributed by atoms with Crippen molar-refractivity contribution in [2.45, 2.75) is 58.4 Å². The van der Waals surface area contributed by atoms with Crippen LogP contribution in [-0.4, -0.2) is 67.8 Å². The number of nitrogens with zero attached hydrogens (tertiary/aromatic N) is 1. The Balaban J connectivity index is 2.26. The minimum Gasteiger partial charge on any atom is -0.379 e. The van der Waals surface area contributed by atoms with Gasteiger partial charge in [0, 0.05) is 19.1 Å². The summed E-state index contributed by atoms with van der Waals surface area (Å²) in [5.41, 5.74) is 0. The molecule has 1 atom stereocenters. The standard InChI is InChI=1S/C17H30F3N3O3/c1-12(2)26-10-4-7-21-16(25)14-5-8-23(9-6-14)13(3)15(24)22-11-17(18,19)20/h12-14H,4-11H2,1-3H3,(H,21,25)(H,22,24). The summed E-state index contributed by atoms with van der Waals surface area (Å²) in [6, 6.07) is -0.644. The second-order valence-electron chi connectivity index (χ2n) is 6.88. The van der Waals surface area contributed by atoms with Crippen LogP contribution in [0.2, 0.25) is 0 Å². The van der Waals surface area contributed by atoms with Crippen molar-refractivity contribution < 1.29 is 27.5 Å². The Morgan fingerprint density at radius 2 is 1.77 bits per heavy atom. The summed E-state index contributed by atoms with van der Waals surface area (Å²) >= 11 is 0. The predicted octanol–water partition coefficient (Wildman–Crippen LogP) is 1.70. The average Bonchev–Trinajstić information content (AvgIpc) is 2.57. The molecular weight excluding hydrogens is 351 g/mol. The minimum atomic E-state index is -4.42. The number of halogens is 3. The van der Waals surface area contributed by atoms with Crippen molar-refractivity contribution in [3.63, 3.8) is 0 Å². The molecule has 1 saturated heterocycles. The number of hydrogen-bond acceptors (Lipinski definition) is 4. The summed E-state index contributed by atoms with van der Waals surface area (Å²) in [6.07, 6.45) is -2.32. The van der Waals surface area contributed by atoms with Crippen molar-refractivity contribution in [3.8, 4) is 0 Å². The average molecular weight is 381 g/mol. The van der Waals surface area contributed by atoms with Gasteiger partial charge in [-0.2, -0.15) is 13.2 Å². The first-order valence-electron chi connectivity index (χ1n) is 9.08. The zero-order valence-electron chi connectivity index (χ0n) is 15.7. The Labute approximate surface area is 152 Å². The number of hydrogen-bond donors (Lipinski definition) is 2. The molecule has 1 unspecified atom stereocenters. The molecule has 1 aliphatic heterocycles. The number of amides is 2. The SMILES string of the molecule is CC(C)OCCCNC(=O)C1CCN(C(C)C(=O)NCC(F)(F)F)CC1. The summed E-state index contributed by atoms with van der Waals surface area (Å²) in [7, 11) is 0. The van der Waals surface area contributed by atoms with Crippen LogP contribution >= 0.6 is 0 Å². The molecule has 9 heteroatoms. The van der Waals surface area contributed by atoms with Crippen LogP contribution in [-0.2, 0) is 14.3 Å². The summed E-state index contributed by atoms with van der Waals surface area (Å²) in [4.78, 5) is 25.8. The van der Waals surface area contributed by atoms with Gasteiger partial charge in [-0.15, -0.1) is 0 Å². The Bertz CT molecular complexity index is 450. The number of piperidine rings is 1. The molecule has 0 spiro atoms. The molecule has 1 rings (SSSR count). The van der Waals surface area contributed by atoms with E-state index in [4.69, 9.17) is 4.74 Å². The van der Waals surface area contributed by atoms with Crippen LogP contribution in [0, 0.1) is 5.92 Å². The molecule has 2 amide bonds. The molecule has 1 aliphatic rings. The van der Waals surface area contributed by atoms with Crippen molar-refractivity contribution in [2.75, 3.05) is 32.8 Å². The van der Waals surface area contributed by atoms with Gasteiger partial charge in [0.2, 0.25) is 11.8 Å². The van der Waals surface area contributed by atoms with Crippen molar-refractivity contribution in [2.24, 2.45) is 5.92 Å². The zero-order valence-corrected chi connectivity index (χ0v) is 15.7. The first-order chi connectivity index (χ1) is 12.1. The first kappa shape index (κ1) is 22.7. The monoisotopic (exact) mass is 381 g/mol. The van der Waals surface area contributed by atoms with Gasteiger partial charge in [0.15, 0.2) is 0 Å².